The van der Waals surface area contributed by atoms with E-state index in [1.807, 2.05) is 0 Å². The van der Waals surface area contributed by atoms with Crippen molar-refractivity contribution in [1.82, 2.24) is 9.62 Å². The lowest BCUT2D eigenvalue weighted by Gasteiger charge is -2.17. The number of nitrogens with one attached hydrogen (secondary N) is 1. The van der Waals surface area contributed by atoms with Crippen LogP contribution in [0.1, 0.15) is 33.1 Å². The van der Waals surface area contributed by atoms with Crippen molar-refractivity contribution in [3.8, 4) is 0 Å². The molecule has 1 aliphatic rings. The fourth-order valence-corrected chi connectivity index (χ4v) is 3.09. The van der Waals surface area contributed by atoms with E-state index in [-0.39, 0.29) is 0 Å². The molecule has 2 atom stereocenters. The summed E-state index contributed by atoms with van der Waals surface area (Å²) in [6.07, 6.45) is 4.65. The first-order valence-electron chi connectivity index (χ1n) is 6.12. The summed E-state index contributed by atoms with van der Waals surface area (Å²) >= 11 is 0. The molecule has 0 saturated carbocycles. The third-order valence-corrected chi connectivity index (χ3v) is 4.46. The molecule has 0 aromatic rings. The topological polar surface area (TPSA) is 49.4 Å². The van der Waals surface area contributed by atoms with Crippen molar-refractivity contribution in [2.75, 3.05) is 25.9 Å². The Bertz CT molecular complexity index is 303. The van der Waals surface area contributed by atoms with Crippen LogP contribution in [0.2, 0.25) is 0 Å². The molecular formula is C11H24N2O2S. The molecule has 1 rings (SSSR count). The van der Waals surface area contributed by atoms with E-state index in [9.17, 15) is 8.42 Å². The number of rotatable bonds is 6. The minimum atomic E-state index is -2.98. The second-order valence-electron chi connectivity index (χ2n) is 4.87. The summed E-state index contributed by atoms with van der Waals surface area (Å²) in [7, 11) is -2.98. The molecule has 1 N–H and O–H groups in total. The van der Waals surface area contributed by atoms with Gasteiger partial charge in [0.2, 0.25) is 10.0 Å². The molecule has 1 aliphatic heterocycles. The van der Waals surface area contributed by atoms with Crippen molar-refractivity contribution in [2.45, 2.75) is 39.2 Å². The Morgan fingerprint density at radius 2 is 2.19 bits per heavy atom. The first kappa shape index (κ1) is 13.9. The van der Waals surface area contributed by atoms with Gasteiger partial charge in [0.1, 0.15) is 0 Å². The van der Waals surface area contributed by atoms with Gasteiger partial charge < -0.3 is 5.32 Å². The first-order chi connectivity index (χ1) is 7.43. The summed E-state index contributed by atoms with van der Waals surface area (Å²) in [5, 5.41) is 3.48. The van der Waals surface area contributed by atoms with Gasteiger partial charge >= 0.3 is 0 Å². The van der Waals surface area contributed by atoms with E-state index in [0.717, 1.165) is 13.0 Å². The summed E-state index contributed by atoms with van der Waals surface area (Å²) in [6.45, 7) is 6.68. The first-order valence-corrected chi connectivity index (χ1v) is 7.96. The van der Waals surface area contributed by atoms with Crippen molar-refractivity contribution in [3.05, 3.63) is 0 Å². The summed E-state index contributed by atoms with van der Waals surface area (Å²) in [4.78, 5) is 0. The van der Waals surface area contributed by atoms with Gasteiger partial charge in [-0.25, -0.2) is 12.7 Å². The van der Waals surface area contributed by atoms with Crippen molar-refractivity contribution in [2.24, 2.45) is 5.92 Å². The quantitative estimate of drug-likeness (QED) is 0.764. The molecule has 0 aliphatic carbocycles. The zero-order valence-electron chi connectivity index (χ0n) is 10.6. The molecule has 1 fully saturated rings. The molecule has 96 valence electrons. The van der Waals surface area contributed by atoms with Gasteiger partial charge in [-0.1, -0.05) is 13.3 Å². The van der Waals surface area contributed by atoms with Crippen LogP contribution in [0.25, 0.3) is 0 Å². The highest BCUT2D eigenvalue weighted by atomic mass is 32.2. The second kappa shape index (κ2) is 5.98. The van der Waals surface area contributed by atoms with Gasteiger partial charge in [0.15, 0.2) is 0 Å². The number of nitrogens with zero attached hydrogens (tertiary/aromatic N) is 1. The summed E-state index contributed by atoms with van der Waals surface area (Å²) in [5.74, 6) is 0.481. The van der Waals surface area contributed by atoms with Gasteiger partial charge in [-0.15, -0.1) is 0 Å². The maximum atomic E-state index is 11.3. The Balaban J connectivity index is 2.27. The Kier molecular flexibility index (Phi) is 5.21. The van der Waals surface area contributed by atoms with Crippen molar-refractivity contribution < 1.29 is 8.42 Å². The lowest BCUT2D eigenvalue weighted by molar-refractivity contribution is 0.419. The minimum Gasteiger partial charge on any atom is -0.314 e. The van der Waals surface area contributed by atoms with Crippen LogP contribution in [0.5, 0.6) is 0 Å². The molecule has 0 aromatic heterocycles. The fraction of sp³-hybridized carbons (Fsp3) is 1.00. The smallest absolute Gasteiger partial charge is 0.211 e. The Hall–Kier alpha value is -0.130. The van der Waals surface area contributed by atoms with Crippen LogP contribution in [0.4, 0.5) is 0 Å². The van der Waals surface area contributed by atoms with Gasteiger partial charge in [-0.05, 0) is 32.2 Å². The molecule has 1 saturated heterocycles. The average Bonchev–Trinajstić information content (AvgIpc) is 2.63. The molecule has 0 radical (unpaired) electrons. The molecule has 0 aromatic carbocycles. The summed E-state index contributed by atoms with van der Waals surface area (Å²) in [5.41, 5.74) is 0. The average molecular weight is 248 g/mol. The number of sulfonamides is 1. The van der Waals surface area contributed by atoms with Gasteiger partial charge in [0.05, 0.1) is 6.26 Å². The lowest BCUT2D eigenvalue weighted by atomic mass is 10.1. The van der Waals surface area contributed by atoms with Crippen molar-refractivity contribution in [1.29, 1.82) is 0 Å². The monoisotopic (exact) mass is 248 g/mol. The highest BCUT2D eigenvalue weighted by Crippen LogP contribution is 2.18. The predicted octanol–water partition coefficient (Wildman–Crippen LogP) is 1.05. The van der Waals surface area contributed by atoms with Gasteiger partial charge in [0, 0.05) is 19.1 Å². The van der Waals surface area contributed by atoms with Gasteiger partial charge in [0.25, 0.3) is 0 Å². The highest BCUT2D eigenvalue weighted by molar-refractivity contribution is 7.88. The minimum absolute atomic E-state index is 0.481. The SMILES string of the molecule is CCCC(C)NCC1CCN(S(C)(=O)=O)C1. The van der Waals surface area contributed by atoms with Crippen LogP contribution in [0.15, 0.2) is 0 Å². The molecule has 5 heteroatoms. The van der Waals surface area contributed by atoms with Crippen molar-refractivity contribution >= 4 is 10.0 Å². The van der Waals surface area contributed by atoms with Crippen molar-refractivity contribution in [3.63, 3.8) is 0 Å². The Labute approximate surface area is 99.5 Å². The number of hydrogen-bond donors (Lipinski definition) is 1. The predicted molar refractivity (Wildman–Crippen MR) is 66.9 cm³/mol. The van der Waals surface area contributed by atoms with Gasteiger partial charge in [-0.2, -0.15) is 0 Å². The van der Waals surface area contributed by atoms with Crippen LogP contribution >= 0.6 is 0 Å². The normalized spacial score (nSPS) is 24.8. The molecule has 16 heavy (non-hydrogen) atoms. The fourth-order valence-electron chi connectivity index (χ4n) is 2.17. The molecule has 0 amide bonds. The van der Waals surface area contributed by atoms with Crippen LogP contribution in [-0.2, 0) is 10.0 Å². The van der Waals surface area contributed by atoms with E-state index in [4.69, 9.17) is 0 Å². The molecule has 2 unspecified atom stereocenters. The van der Waals surface area contributed by atoms with E-state index >= 15 is 0 Å². The maximum absolute atomic E-state index is 11.3. The maximum Gasteiger partial charge on any atom is 0.211 e. The van der Waals surface area contributed by atoms with Crippen LogP contribution < -0.4 is 5.32 Å². The summed E-state index contributed by atoms with van der Waals surface area (Å²) in [6, 6.07) is 0.539. The summed E-state index contributed by atoms with van der Waals surface area (Å²) < 4.78 is 24.2. The molecule has 1 heterocycles. The zero-order chi connectivity index (χ0) is 12.2. The third-order valence-electron chi connectivity index (χ3n) is 3.19. The van der Waals surface area contributed by atoms with Crippen LogP contribution in [0, 0.1) is 5.92 Å². The van der Waals surface area contributed by atoms with Crippen LogP contribution in [-0.4, -0.2) is 44.7 Å². The molecule has 0 spiro atoms. The van der Waals surface area contributed by atoms with Crippen LogP contribution in [0.3, 0.4) is 0 Å². The largest absolute Gasteiger partial charge is 0.314 e. The van der Waals surface area contributed by atoms with E-state index in [1.165, 1.54) is 19.1 Å². The molecular weight excluding hydrogens is 224 g/mol. The van der Waals surface area contributed by atoms with Gasteiger partial charge in [-0.3, -0.25) is 0 Å². The zero-order valence-corrected chi connectivity index (χ0v) is 11.4. The lowest BCUT2D eigenvalue weighted by Crippen LogP contribution is -2.33. The molecule has 0 bridgehead atoms. The van der Waals surface area contributed by atoms with E-state index in [0.29, 0.717) is 25.0 Å². The Morgan fingerprint density at radius 3 is 2.69 bits per heavy atom. The van der Waals surface area contributed by atoms with E-state index in [1.54, 1.807) is 4.31 Å². The highest BCUT2D eigenvalue weighted by Gasteiger charge is 2.28. The van der Waals surface area contributed by atoms with E-state index < -0.39 is 10.0 Å². The second-order valence-corrected chi connectivity index (χ2v) is 6.86. The third kappa shape index (κ3) is 4.39. The molecule has 4 nitrogen and oxygen atoms in total. The number of hydrogen-bond acceptors (Lipinski definition) is 3. The Morgan fingerprint density at radius 1 is 1.50 bits per heavy atom. The standard InChI is InChI=1S/C11H24N2O2S/c1-4-5-10(2)12-8-11-6-7-13(9-11)16(3,14)15/h10-12H,4-9H2,1-3H3. The van der Waals surface area contributed by atoms with E-state index in [2.05, 4.69) is 19.2 Å².